The third-order valence-electron chi connectivity index (χ3n) is 2.78. The van der Waals surface area contributed by atoms with Crippen molar-refractivity contribution >= 4 is 11.5 Å². The van der Waals surface area contributed by atoms with Gasteiger partial charge in [-0.3, -0.25) is 0 Å². The molecule has 1 N–H and O–H groups in total. The lowest BCUT2D eigenvalue weighted by Gasteiger charge is -2.33. The normalized spacial score (nSPS) is 24.7. The van der Waals surface area contributed by atoms with Crippen LogP contribution in [0, 0.1) is 10.1 Å². The van der Waals surface area contributed by atoms with Crippen LogP contribution in [0.25, 0.3) is 0 Å². The van der Waals surface area contributed by atoms with E-state index in [1.807, 2.05) is 0 Å². The number of halogens is 1. The number of hydrogen-bond donors (Lipinski definition) is 1. The first kappa shape index (κ1) is 11.7. The van der Waals surface area contributed by atoms with E-state index < -0.39 is 17.2 Å². The van der Waals surface area contributed by atoms with Crippen molar-refractivity contribution in [2.45, 2.75) is 18.7 Å². The third kappa shape index (κ3) is 2.50. The average Bonchev–Trinajstić information content (AvgIpc) is 2.33. The fourth-order valence-electron chi connectivity index (χ4n) is 1.81. The van der Waals surface area contributed by atoms with Gasteiger partial charge in [0, 0.05) is 19.2 Å². The quantitative estimate of drug-likeness (QED) is 0.614. The first-order valence-electron chi connectivity index (χ1n) is 5.25. The molecule has 1 saturated heterocycles. The molecule has 2 rings (SSSR count). The molecule has 1 aromatic rings. The molecule has 1 aliphatic rings. The number of anilines is 1. The smallest absolute Gasteiger partial charge is 0.363 e. The van der Waals surface area contributed by atoms with Gasteiger partial charge in [-0.1, -0.05) is 0 Å². The van der Waals surface area contributed by atoms with E-state index in [0.29, 0.717) is 12.2 Å². The number of hydrogen-bond acceptors (Lipinski definition) is 5. The van der Waals surface area contributed by atoms with Gasteiger partial charge < -0.3 is 20.1 Å². The van der Waals surface area contributed by atoms with Crippen molar-refractivity contribution in [1.29, 1.82) is 0 Å². The number of nitrogens with zero attached hydrogens (tertiary/aromatic N) is 3. The first-order chi connectivity index (χ1) is 8.08. The van der Waals surface area contributed by atoms with Gasteiger partial charge in [-0.05, 0) is 22.4 Å². The highest BCUT2D eigenvalue weighted by Gasteiger charge is 2.28. The van der Waals surface area contributed by atoms with Gasteiger partial charge in [-0.15, -0.1) is 0 Å². The molecule has 92 valence electrons. The van der Waals surface area contributed by atoms with E-state index in [1.165, 1.54) is 12.3 Å². The Morgan fingerprint density at radius 1 is 1.59 bits per heavy atom. The number of alkyl halides is 1. The molecule has 0 bridgehead atoms. The molecule has 0 saturated carbocycles. The summed E-state index contributed by atoms with van der Waals surface area (Å²) in [7, 11) is 0. The average molecular weight is 241 g/mol. The summed E-state index contributed by atoms with van der Waals surface area (Å²) in [5.74, 6) is -0.227. The summed E-state index contributed by atoms with van der Waals surface area (Å²) in [5.41, 5.74) is 0.654. The summed E-state index contributed by atoms with van der Waals surface area (Å²) in [6.07, 6.45) is -0.599. The highest BCUT2D eigenvalue weighted by molar-refractivity contribution is 5.47. The Morgan fingerprint density at radius 3 is 2.88 bits per heavy atom. The molecule has 0 spiro atoms. The van der Waals surface area contributed by atoms with E-state index in [2.05, 4.69) is 4.98 Å². The predicted molar refractivity (Wildman–Crippen MR) is 58.6 cm³/mol. The second-order valence-electron chi connectivity index (χ2n) is 3.95. The molecule has 1 aliphatic heterocycles. The highest BCUT2D eigenvalue weighted by Crippen LogP contribution is 2.22. The molecule has 0 aliphatic carbocycles. The zero-order valence-corrected chi connectivity index (χ0v) is 8.99. The SMILES string of the molecule is O=[N+]([O-])c1ccc(N2CC[C@H](F)[C@H](O)C2)cn1. The second kappa shape index (κ2) is 4.62. The minimum Gasteiger partial charge on any atom is -0.388 e. The van der Waals surface area contributed by atoms with Crippen LogP contribution in [0.3, 0.4) is 0 Å². The molecular weight excluding hydrogens is 229 g/mol. The minimum absolute atomic E-state index is 0.181. The Morgan fingerprint density at radius 2 is 2.35 bits per heavy atom. The lowest BCUT2D eigenvalue weighted by atomic mass is 10.1. The number of rotatable bonds is 2. The van der Waals surface area contributed by atoms with Crippen molar-refractivity contribution < 1.29 is 14.4 Å². The van der Waals surface area contributed by atoms with Gasteiger partial charge >= 0.3 is 5.82 Å². The maximum absolute atomic E-state index is 13.1. The van der Waals surface area contributed by atoms with Gasteiger partial charge in [0.1, 0.15) is 12.3 Å². The number of pyridine rings is 1. The zero-order valence-electron chi connectivity index (χ0n) is 8.99. The fraction of sp³-hybridized carbons (Fsp3) is 0.500. The standard InChI is InChI=1S/C10H12FN3O3/c11-8-3-4-13(6-9(8)15)7-1-2-10(12-5-7)14(16)17/h1-2,5,8-9,15H,3-4,6H2/t8-,9+/m0/s1. The van der Waals surface area contributed by atoms with Crippen LogP contribution in [0.2, 0.25) is 0 Å². The second-order valence-corrected chi connectivity index (χ2v) is 3.95. The van der Waals surface area contributed by atoms with E-state index in [4.69, 9.17) is 0 Å². The maximum atomic E-state index is 13.1. The maximum Gasteiger partial charge on any atom is 0.363 e. The van der Waals surface area contributed by atoms with Crippen molar-refractivity contribution in [3.63, 3.8) is 0 Å². The van der Waals surface area contributed by atoms with Gasteiger partial charge in [-0.25, -0.2) is 4.39 Å². The molecule has 2 atom stereocenters. The van der Waals surface area contributed by atoms with Gasteiger partial charge in [0.2, 0.25) is 0 Å². The predicted octanol–water partition coefficient (Wildman–Crippen LogP) is 0.899. The van der Waals surface area contributed by atoms with Crippen LogP contribution in [-0.2, 0) is 0 Å². The number of aliphatic hydroxyl groups excluding tert-OH is 1. The molecule has 17 heavy (non-hydrogen) atoms. The number of piperidine rings is 1. The Hall–Kier alpha value is -1.76. The monoisotopic (exact) mass is 241 g/mol. The summed E-state index contributed by atoms with van der Waals surface area (Å²) < 4.78 is 13.1. The lowest BCUT2D eigenvalue weighted by molar-refractivity contribution is -0.389. The third-order valence-corrected chi connectivity index (χ3v) is 2.78. The van der Waals surface area contributed by atoms with Crippen LogP contribution < -0.4 is 4.90 Å². The van der Waals surface area contributed by atoms with Crippen molar-refractivity contribution in [2.75, 3.05) is 18.0 Å². The Kier molecular flexibility index (Phi) is 3.19. The number of aliphatic hydroxyl groups is 1. The van der Waals surface area contributed by atoms with Crippen LogP contribution >= 0.6 is 0 Å². The van der Waals surface area contributed by atoms with Gasteiger partial charge in [-0.2, -0.15) is 0 Å². The summed E-state index contributed by atoms with van der Waals surface area (Å²) in [4.78, 5) is 15.3. The zero-order chi connectivity index (χ0) is 12.4. The first-order valence-corrected chi connectivity index (χ1v) is 5.25. The largest absolute Gasteiger partial charge is 0.388 e. The van der Waals surface area contributed by atoms with E-state index in [-0.39, 0.29) is 18.8 Å². The fourth-order valence-corrected chi connectivity index (χ4v) is 1.81. The van der Waals surface area contributed by atoms with Crippen LogP contribution in [0.1, 0.15) is 6.42 Å². The minimum atomic E-state index is -1.20. The molecule has 0 aromatic carbocycles. The van der Waals surface area contributed by atoms with Crippen molar-refractivity contribution in [1.82, 2.24) is 4.98 Å². The summed E-state index contributed by atoms with van der Waals surface area (Å²) in [6, 6.07) is 2.85. The summed E-state index contributed by atoms with van der Waals surface area (Å²) in [5, 5.41) is 19.8. The molecule has 0 radical (unpaired) electrons. The van der Waals surface area contributed by atoms with Crippen molar-refractivity contribution in [3.05, 3.63) is 28.4 Å². The topological polar surface area (TPSA) is 79.5 Å². The molecular formula is C10H12FN3O3. The Balaban J connectivity index is 2.10. The Labute approximate surface area is 96.8 Å². The van der Waals surface area contributed by atoms with Crippen LogP contribution in [0.15, 0.2) is 18.3 Å². The van der Waals surface area contributed by atoms with E-state index in [9.17, 15) is 19.6 Å². The van der Waals surface area contributed by atoms with Crippen LogP contribution in [0.4, 0.5) is 15.9 Å². The molecule has 1 aromatic heterocycles. The molecule has 7 heteroatoms. The highest BCUT2D eigenvalue weighted by atomic mass is 19.1. The molecule has 6 nitrogen and oxygen atoms in total. The van der Waals surface area contributed by atoms with E-state index in [1.54, 1.807) is 11.0 Å². The lowest BCUT2D eigenvalue weighted by Crippen LogP contribution is -2.45. The Bertz CT molecular complexity index is 412. The van der Waals surface area contributed by atoms with Gasteiger partial charge in [0.25, 0.3) is 0 Å². The summed E-state index contributed by atoms with van der Waals surface area (Å²) >= 11 is 0. The molecule has 0 amide bonds. The molecule has 2 heterocycles. The van der Waals surface area contributed by atoms with Crippen molar-refractivity contribution in [3.8, 4) is 0 Å². The molecule has 0 unspecified atom stereocenters. The van der Waals surface area contributed by atoms with E-state index >= 15 is 0 Å². The van der Waals surface area contributed by atoms with Crippen LogP contribution in [-0.4, -0.2) is 40.4 Å². The van der Waals surface area contributed by atoms with Gasteiger partial charge in [0.05, 0.1) is 5.69 Å². The van der Waals surface area contributed by atoms with Gasteiger partial charge in [0.15, 0.2) is 6.20 Å². The summed E-state index contributed by atoms with van der Waals surface area (Å²) in [6.45, 7) is 0.651. The number of β-amino-alcohol motifs (C(OH)–C–C–N with tert-alkyl or cyclic N) is 1. The van der Waals surface area contributed by atoms with Crippen LogP contribution in [0.5, 0.6) is 0 Å². The number of nitro groups is 1. The van der Waals surface area contributed by atoms with Crippen molar-refractivity contribution in [2.24, 2.45) is 0 Å². The van der Waals surface area contributed by atoms with E-state index in [0.717, 1.165) is 0 Å². The number of aromatic nitrogens is 1. The molecule has 1 fully saturated rings.